The van der Waals surface area contributed by atoms with Gasteiger partial charge in [0.15, 0.2) is 12.2 Å². The van der Waals surface area contributed by atoms with Gasteiger partial charge in [0, 0.05) is 25.7 Å². The van der Waals surface area contributed by atoms with Gasteiger partial charge in [-0.05, 0) is 43.4 Å². The van der Waals surface area contributed by atoms with Gasteiger partial charge in [-0.3, -0.25) is 37.3 Å². The third kappa shape index (κ3) is 76.1. The molecule has 0 saturated heterocycles. The van der Waals surface area contributed by atoms with E-state index in [1.807, 2.05) is 0 Å². The molecule has 2 unspecified atom stereocenters. The number of aliphatic hydroxyl groups excluding tert-OH is 1. The van der Waals surface area contributed by atoms with E-state index in [4.69, 9.17) is 37.0 Å². The summed E-state index contributed by atoms with van der Waals surface area (Å²) in [6, 6.07) is 0. The molecule has 0 heterocycles. The van der Waals surface area contributed by atoms with Crippen LogP contribution in [0.5, 0.6) is 0 Å². The molecule has 101 heavy (non-hydrogen) atoms. The third-order valence-corrected chi connectivity index (χ3v) is 21.0. The van der Waals surface area contributed by atoms with Crippen LogP contribution in [0, 0.1) is 17.8 Å². The molecule has 0 rings (SSSR count). The summed E-state index contributed by atoms with van der Waals surface area (Å²) < 4.78 is 68.7. The first-order valence-electron chi connectivity index (χ1n) is 42.3. The van der Waals surface area contributed by atoms with Crippen molar-refractivity contribution in [2.75, 3.05) is 39.6 Å². The quantitative estimate of drug-likeness (QED) is 0.0222. The van der Waals surface area contributed by atoms with Gasteiger partial charge in [-0.2, -0.15) is 0 Å². The van der Waals surface area contributed by atoms with Crippen LogP contribution in [0.4, 0.5) is 0 Å². The second-order valence-corrected chi connectivity index (χ2v) is 33.8. The van der Waals surface area contributed by atoms with Gasteiger partial charge in [0.1, 0.15) is 19.3 Å². The van der Waals surface area contributed by atoms with E-state index in [2.05, 4.69) is 48.5 Å². The van der Waals surface area contributed by atoms with Gasteiger partial charge in [-0.15, -0.1) is 0 Å². The first-order chi connectivity index (χ1) is 48.7. The molecule has 0 aliphatic rings. The summed E-state index contributed by atoms with van der Waals surface area (Å²) in [4.78, 5) is 73.0. The number of carbonyl (C=O) groups excluding carboxylic acids is 4. The first-order valence-corrected chi connectivity index (χ1v) is 45.3. The number of carbonyl (C=O) groups is 4. The van der Waals surface area contributed by atoms with Crippen molar-refractivity contribution in [3.8, 4) is 0 Å². The van der Waals surface area contributed by atoms with Crippen molar-refractivity contribution >= 4 is 39.5 Å². The molecule has 0 aromatic rings. The number of ether oxygens (including phenoxy) is 4. The number of rotatable bonds is 80. The van der Waals surface area contributed by atoms with Crippen LogP contribution >= 0.6 is 15.6 Å². The van der Waals surface area contributed by atoms with Crippen molar-refractivity contribution in [1.82, 2.24) is 0 Å². The fraction of sp³-hybridized carbons (Fsp3) is 0.951. The van der Waals surface area contributed by atoms with Gasteiger partial charge in [0.2, 0.25) is 0 Å². The molecule has 0 bridgehead atoms. The average Bonchev–Trinajstić information content (AvgIpc) is 1.03. The van der Waals surface area contributed by atoms with Crippen LogP contribution in [0.15, 0.2) is 0 Å². The van der Waals surface area contributed by atoms with Gasteiger partial charge in [0.25, 0.3) is 0 Å². The van der Waals surface area contributed by atoms with Crippen molar-refractivity contribution in [1.29, 1.82) is 0 Å². The minimum absolute atomic E-state index is 0.106. The summed E-state index contributed by atoms with van der Waals surface area (Å²) in [5.41, 5.74) is 0. The second-order valence-electron chi connectivity index (χ2n) is 30.9. The molecule has 0 aromatic carbocycles. The fourth-order valence-corrected chi connectivity index (χ4v) is 14.2. The minimum Gasteiger partial charge on any atom is -0.462 e. The lowest BCUT2D eigenvalue weighted by Gasteiger charge is -2.21. The fourth-order valence-electron chi connectivity index (χ4n) is 12.7. The van der Waals surface area contributed by atoms with Crippen molar-refractivity contribution in [2.45, 2.75) is 446 Å². The molecule has 0 fully saturated rings. The van der Waals surface area contributed by atoms with Crippen LogP contribution in [0.2, 0.25) is 0 Å². The topological polar surface area (TPSA) is 237 Å². The molecule has 0 spiro atoms. The maximum Gasteiger partial charge on any atom is 0.472 e. The Morgan fingerprint density at radius 2 is 0.455 bits per heavy atom. The van der Waals surface area contributed by atoms with E-state index in [1.165, 1.54) is 238 Å². The highest BCUT2D eigenvalue weighted by molar-refractivity contribution is 7.47. The van der Waals surface area contributed by atoms with E-state index >= 15 is 0 Å². The summed E-state index contributed by atoms with van der Waals surface area (Å²) >= 11 is 0. The Morgan fingerprint density at radius 1 is 0.267 bits per heavy atom. The molecule has 17 nitrogen and oxygen atoms in total. The number of unbranched alkanes of at least 4 members (excludes halogenated alkanes) is 48. The average molecular weight is 1480 g/mol. The zero-order chi connectivity index (χ0) is 74.4. The Kier molecular flexibility index (Phi) is 70.9. The van der Waals surface area contributed by atoms with Gasteiger partial charge in [0.05, 0.1) is 26.4 Å². The monoisotopic (exact) mass is 1480 g/mol. The van der Waals surface area contributed by atoms with E-state index in [0.717, 1.165) is 108 Å². The minimum atomic E-state index is -4.96. The predicted octanol–water partition coefficient (Wildman–Crippen LogP) is 24.5. The molecular weight excluding hydrogens is 1320 g/mol. The normalized spacial score (nSPS) is 14.0. The lowest BCUT2D eigenvalue weighted by molar-refractivity contribution is -0.161. The van der Waals surface area contributed by atoms with E-state index in [1.54, 1.807) is 0 Å². The van der Waals surface area contributed by atoms with Crippen molar-refractivity contribution < 1.29 is 80.2 Å². The largest absolute Gasteiger partial charge is 0.472 e. The van der Waals surface area contributed by atoms with Crippen LogP contribution in [-0.4, -0.2) is 96.7 Å². The number of phosphoric acid groups is 2. The molecular formula is C82H160O17P2. The smallest absolute Gasteiger partial charge is 0.462 e. The molecule has 0 amide bonds. The van der Waals surface area contributed by atoms with Gasteiger partial charge in [-0.1, -0.05) is 376 Å². The molecule has 0 aromatic heterocycles. The van der Waals surface area contributed by atoms with Crippen LogP contribution in [0.1, 0.15) is 427 Å². The molecule has 0 aliphatic heterocycles. The van der Waals surface area contributed by atoms with E-state index in [9.17, 15) is 43.2 Å². The Morgan fingerprint density at radius 3 is 0.673 bits per heavy atom. The molecule has 0 saturated carbocycles. The first kappa shape index (κ1) is 99.1. The van der Waals surface area contributed by atoms with E-state index in [-0.39, 0.29) is 25.7 Å². The van der Waals surface area contributed by atoms with Gasteiger partial charge >= 0.3 is 39.5 Å². The number of phosphoric ester groups is 2. The SMILES string of the molecule is CCCCCCCCCCCCC(=O)OC[C@H](COP(=O)(O)OC[C@H](O)COP(=O)(O)OC[C@@H](COC(=O)CCCCCCCCCCCCCCCCC(C)C)OC(=O)CCCCCCCCCCCCCCCCCCCCC(C)C)OC(=O)CCCCCCCCCCCCC(C)C. The van der Waals surface area contributed by atoms with Crippen molar-refractivity contribution in [3.05, 3.63) is 0 Å². The molecule has 600 valence electrons. The number of hydrogen-bond acceptors (Lipinski definition) is 15. The Bertz CT molecular complexity index is 1960. The van der Waals surface area contributed by atoms with Crippen molar-refractivity contribution in [3.63, 3.8) is 0 Å². The maximum absolute atomic E-state index is 13.1. The lowest BCUT2D eigenvalue weighted by Crippen LogP contribution is -2.30. The number of hydrogen-bond donors (Lipinski definition) is 3. The van der Waals surface area contributed by atoms with Crippen LogP contribution in [0.3, 0.4) is 0 Å². The predicted molar refractivity (Wildman–Crippen MR) is 414 cm³/mol. The molecule has 0 radical (unpaired) electrons. The Hall–Kier alpha value is -1.94. The Balaban J connectivity index is 5.22. The number of esters is 4. The van der Waals surface area contributed by atoms with Crippen LogP contribution < -0.4 is 0 Å². The second kappa shape index (κ2) is 72.3. The zero-order valence-corrected chi connectivity index (χ0v) is 68.2. The highest BCUT2D eigenvalue weighted by Crippen LogP contribution is 2.45. The van der Waals surface area contributed by atoms with Crippen molar-refractivity contribution in [2.24, 2.45) is 17.8 Å². The molecule has 5 atom stereocenters. The number of aliphatic hydroxyl groups is 1. The highest BCUT2D eigenvalue weighted by Gasteiger charge is 2.30. The van der Waals surface area contributed by atoms with Crippen LogP contribution in [0.25, 0.3) is 0 Å². The van der Waals surface area contributed by atoms with Gasteiger partial charge in [-0.25, -0.2) is 9.13 Å². The summed E-state index contributed by atoms with van der Waals surface area (Å²) in [7, 11) is -9.92. The summed E-state index contributed by atoms with van der Waals surface area (Å²) in [5, 5.41) is 10.6. The standard InChI is InChI=1S/C82H160O17P2/c1-8-9-10-11-12-13-35-42-49-56-63-79(84)92-69-77(99-82(87)66-59-52-45-38-31-30-34-41-48-55-62-75(6)7)71-96-100(88,89)94-67-76(83)68-95-101(90,91)97-72-78(70-93-80(85)64-57-50-43-36-28-24-21-20-23-27-33-40-47-54-61-74(4)5)98-81(86)65-58-51-44-37-29-25-19-17-15-14-16-18-22-26-32-39-46-53-60-73(2)3/h73-78,83H,8-72H2,1-7H3,(H,88,89)(H,90,91)/t76-,77+,78+/m0/s1. The summed E-state index contributed by atoms with van der Waals surface area (Å²) in [5.74, 6) is 0.262. The van der Waals surface area contributed by atoms with E-state index in [0.29, 0.717) is 25.7 Å². The third-order valence-electron chi connectivity index (χ3n) is 19.1. The van der Waals surface area contributed by atoms with Gasteiger partial charge < -0.3 is 33.8 Å². The Labute approximate surface area is 619 Å². The van der Waals surface area contributed by atoms with Crippen LogP contribution in [-0.2, 0) is 65.4 Å². The molecule has 3 N–H and O–H groups in total. The summed E-state index contributed by atoms with van der Waals surface area (Å²) in [6.45, 7) is 12.0. The lowest BCUT2D eigenvalue weighted by atomic mass is 10.0. The molecule has 19 heteroatoms. The zero-order valence-electron chi connectivity index (χ0n) is 66.4. The van der Waals surface area contributed by atoms with E-state index < -0.39 is 97.5 Å². The highest BCUT2D eigenvalue weighted by atomic mass is 31.2. The summed E-state index contributed by atoms with van der Waals surface area (Å²) in [6.07, 6.45) is 61.1. The molecule has 0 aliphatic carbocycles. The maximum atomic E-state index is 13.1.